The number of hydrogen-bond donors (Lipinski definition) is 0. The first-order valence-electron chi connectivity index (χ1n) is 8.04. The number of piperidine rings is 1. The van der Waals surface area contributed by atoms with Gasteiger partial charge in [-0.1, -0.05) is 5.16 Å². The van der Waals surface area contributed by atoms with Crippen LogP contribution in [0.4, 0.5) is 0 Å². The Hall–Kier alpha value is -2.09. The van der Waals surface area contributed by atoms with Crippen molar-refractivity contribution < 1.29 is 18.8 Å². The summed E-state index contributed by atoms with van der Waals surface area (Å²) in [5, 5.41) is 3.85. The number of ether oxygens (including phenoxy) is 2. The zero-order chi connectivity index (χ0) is 18.0. The summed E-state index contributed by atoms with van der Waals surface area (Å²) in [6.45, 7) is 3.05. The quantitative estimate of drug-likeness (QED) is 0.771. The van der Waals surface area contributed by atoms with E-state index in [1.807, 2.05) is 4.90 Å². The van der Waals surface area contributed by atoms with Crippen LogP contribution < -0.4 is 9.47 Å². The van der Waals surface area contributed by atoms with Gasteiger partial charge in [0.05, 0.1) is 20.1 Å². The summed E-state index contributed by atoms with van der Waals surface area (Å²) >= 11 is 3.42. The Morgan fingerprint density at radius 3 is 2.56 bits per heavy atom. The molecule has 1 fully saturated rings. The lowest BCUT2D eigenvalue weighted by Gasteiger charge is -2.31. The number of aromatic nitrogens is 2. The number of hydrogen-bond acceptors (Lipinski definition) is 6. The number of nitrogens with zero attached hydrogens (tertiary/aromatic N) is 3. The van der Waals surface area contributed by atoms with E-state index in [1.54, 1.807) is 33.3 Å². The van der Waals surface area contributed by atoms with Gasteiger partial charge in [0.25, 0.3) is 5.91 Å². The number of likely N-dealkylation sites (tertiary alicyclic amines) is 1. The van der Waals surface area contributed by atoms with Crippen molar-refractivity contribution in [2.45, 2.75) is 25.7 Å². The molecular weight excluding hydrogens is 390 g/mol. The number of methoxy groups -OCH3 is 2. The summed E-state index contributed by atoms with van der Waals surface area (Å²) in [7, 11) is 3.12. The van der Waals surface area contributed by atoms with Gasteiger partial charge in [-0.25, -0.2) is 0 Å². The maximum Gasteiger partial charge on any atom is 0.254 e. The molecular formula is C17H20BrN3O4. The summed E-state index contributed by atoms with van der Waals surface area (Å²) in [4.78, 5) is 19.1. The van der Waals surface area contributed by atoms with Gasteiger partial charge in [-0.15, -0.1) is 0 Å². The molecule has 1 aliphatic rings. The second kappa shape index (κ2) is 7.43. The van der Waals surface area contributed by atoms with Crippen LogP contribution in [0.15, 0.2) is 21.1 Å². The standard InChI is InChI=1S/C17H20BrN3O4/c1-10-19-16(25-20-10)11-5-4-6-21(9-11)17(22)12-7-13(23-2)15(18)14(8-12)24-3/h7-8,11H,4-6,9H2,1-3H3/t11-/m1/s1. The van der Waals surface area contributed by atoms with E-state index in [1.165, 1.54) is 0 Å². The molecule has 1 amide bonds. The summed E-state index contributed by atoms with van der Waals surface area (Å²) in [6.07, 6.45) is 1.82. The monoisotopic (exact) mass is 409 g/mol. The van der Waals surface area contributed by atoms with Crippen LogP contribution in [0, 0.1) is 6.92 Å². The SMILES string of the molecule is COc1cc(C(=O)N2CCC[C@@H](c3nc(C)no3)C2)cc(OC)c1Br. The molecule has 1 aromatic carbocycles. The fraction of sp³-hybridized carbons (Fsp3) is 0.471. The van der Waals surface area contributed by atoms with E-state index in [0.29, 0.717) is 46.3 Å². The molecule has 134 valence electrons. The Morgan fingerprint density at radius 2 is 2.00 bits per heavy atom. The zero-order valence-corrected chi connectivity index (χ0v) is 16.0. The molecule has 0 spiro atoms. The van der Waals surface area contributed by atoms with Crippen LogP contribution in [0.3, 0.4) is 0 Å². The molecule has 2 heterocycles. The zero-order valence-electron chi connectivity index (χ0n) is 14.4. The first kappa shape index (κ1) is 17.7. The van der Waals surface area contributed by atoms with Crippen LogP contribution in [-0.2, 0) is 0 Å². The van der Waals surface area contributed by atoms with Gasteiger partial charge < -0.3 is 18.9 Å². The second-order valence-electron chi connectivity index (χ2n) is 5.96. The third-order valence-corrected chi connectivity index (χ3v) is 5.08. The number of benzene rings is 1. The number of rotatable bonds is 4. The van der Waals surface area contributed by atoms with Gasteiger partial charge in [0.15, 0.2) is 5.82 Å². The molecule has 1 aromatic heterocycles. The maximum absolute atomic E-state index is 13.0. The smallest absolute Gasteiger partial charge is 0.254 e. The molecule has 0 bridgehead atoms. The van der Waals surface area contributed by atoms with Crippen LogP contribution in [0.2, 0.25) is 0 Å². The lowest BCUT2D eigenvalue weighted by Crippen LogP contribution is -2.39. The van der Waals surface area contributed by atoms with Crippen molar-refractivity contribution in [1.29, 1.82) is 0 Å². The van der Waals surface area contributed by atoms with Crippen molar-refractivity contribution in [2.75, 3.05) is 27.3 Å². The molecule has 1 saturated heterocycles. The van der Waals surface area contributed by atoms with Crippen molar-refractivity contribution in [3.8, 4) is 11.5 Å². The van der Waals surface area contributed by atoms with Crippen molar-refractivity contribution >= 4 is 21.8 Å². The summed E-state index contributed by atoms with van der Waals surface area (Å²) in [5.74, 6) is 2.33. The molecule has 0 radical (unpaired) electrons. The van der Waals surface area contributed by atoms with Crippen LogP contribution >= 0.6 is 15.9 Å². The van der Waals surface area contributed by atoms with E-state index in [2.05, 4.69) is 26.1 Å². The number of aryl methyl sites for hydroxylation is 1. The largest absolute Gasteiger partial charge is 0.495 e. The van der Waals surface area contributed by atoms with Gasteiger partial charge in [-0.05, 0) is 47.8 Å². The summed E-state index contributed by atoms with van der Waals surface area (Å²) in [5.41, 5.74) is 0.527. The van der Waals surface area contributed by atoms with Gasteiger partial charge >= 0.3 is 0 Å². The minimum atomic E-state index is -0.0648. The molecule has 0 saturated carbocycles. The number of carbonyl (C=O) groups excluding carboxylic acids is 1. The highest BCUT2D eigenvalue weighted by atomic mass is 79.9. The van der Waals surface area contributed by atoms with Gasteiger partial charge in [-0.3, -0.25) is 4.79 Å². The van der Waals surface area contributed by atoms with Gasteiger partial charge in [0.1, 0.15) is 16.0 Å². The predicted molar refractivity (Wildman–Crippen MR) is 94.2 cm³/mol. The molecule has 7 nitrogen and oxygen atoms in total. The molecule has 2 aromatic rings. The average Bonchev–Trinajstić information content (AvgIpc) is 3.08. The normalized spacial score (nSPS) is 17.4. The third kappa shape index (κ3) is 3.63. The highest BCUT2D eigenvalue weighted by Gasteiger charge is 2.29. The van der Waals surface area contributed by atoms with E-state index < -0.39 is 0 Å². The van der Waals surface area contributed by atoms with Gasteiger partial charge in [0, 0.05) is 18.7 Å². The molecule has 0 aliphatic carbocycles. The molecule has 3 rings (SSSR count). The molecule has 25 heavy (non-hydrogen) atoms. The highest BCUT2D eigenvalue weighted by molar-refractivity contribution is 9.10. The highest BCUT2D eigenvalue weighted by Crippen LogP contribution is 2.36. The van der Waals surface area contributed by atoms with E-state index in [9.17, 15) is 4.79 Å². The van der Waals surface area contributed by atoms with E-state index in [0.717, 1.165) is 12.8 Å². The first-order valence-corrected chi connectivity index (χ1v) is 8.83. The molecule has 1 aliphatic heterocycles. The third-order valence-electron chi connectivity index (χ3n) is 4.29. The maximum atomic E-state index is 13.0. The number of amides is 1. The van der Waals surface area contributed by atoms with E-state index >= 15 is 0 Å². The summed E-state index contributed by atoms with van der Waals surface area (Å²) < 4.78 is 16.6. The summed E-state index contributed by atoms with van der Waals surface area (Å²) in [6, 6.07) is 3.44. The van der Waals surface area contributed by atoms with Crippen molar-refractivity contribution in [2.24, 2.45) is 0 Å². The minimum Gasteiger partial charge on any atom is -0.495 e. The molecule has 8 heteroatoms. The second-order valence-corrected chi connectivity index (χ2v) is 6.76. The first-order chi connectivity index (χ1) is 12.0. The molecule has 0 N–H and O–H groups in total. The Bertz CT molecular complexity index is 752. The van der Waals surface area contributed by atoms with Crippen LogP contribution in [0.1, 0.15) is 40.8 Å². The van der Waals surface area contributed by atoms with Crippen molar-refractivity contribution in [3.05, 3.63) is 33.9 Å². The van der Waals surface area contributed by atoms with Crippen LogP contribution in [0.25, 0.3) is 0 Å². The minimum absolute atomic E-state index is 0.0648. The Balaban J connectivity index is 1.82. The predicted octanol–water partition coefficient (Wildman–Crippen LogP) is 3.18. The average molecular weight is 410 g/mol. The Morgan fingerprint density at radius 1 is 1.32 bits per heavy atom. The van der Waals surface area contributed by atoms with E-state index in [-0.39, 0.29) is 11.8 Å². The fourth-order valence-corrected chi connectivity index (χ4v) is 3.57. The lowest BCUT2D eigenvalue weighted by molar-refractivity contribution is 0.0695. The van der Waals surface area contributed by atoms with Gasteiger partial charge in [-0.2, -0.15) is 4.98 Å². The topological polar surface area (TPSA) is 77.7 Å². The Labute approximate surface area is 154 Å². The molecule has 1 atom stereocenters. The lowest BCUT2D eigenvalue weighted by atomic mass is 9.97. The Kier molecular flexibility index (Phi) is 5.27. The van der Waals surface area contributed by atoms with Crippen LogP contribution in [-0.4, -0.2) is 48.3 Å². The van der Waals surface area contributed by atoms with Gasteiger partial charge in [0.2, 0.25) is 5.89 Å². The molecule has 0 unspecified atom stereocenters. The van der Waals surface area contributed by atoms with Crippen molar-refractivity contribution in [1.82, 2.24) is 15.0 Å². The number of carbonyl (C=O) groups is 1. The van der Waals surface area contributed by atoms with Crippen LogP contribution in [0.5, 0.6) is 11.5 Å². The fourth-order valence-electron chi connectivity index (χ4n) is 3.02. The van der Waals surface area contributed by atoms with Crippen molar-refractivity contribution in [3.63, 3.8) is 0 Å². The van der Waals surface area contributed by atoms with E-state index in [4.69, 9.17) is 14.0 Å². The number of halogens is 1.